The third kappa shape index (κ3) is 4.82. The van der Waals surface area contributed by atoms with E-state index in [2.05, 4.69) is 25.7 Å². The number of hydrogen-bond acceptors (Lipinski definition) is 4. The average Bonchev–Trinajstić information content (AvgIpc) is 2.36. The fraction of sp³-hybridized carbons (Fsp3) is 0.154. The van der Waals surface area contributed by atoms with Crippen molar-refractivity contribution in [3.63, 3.8) is 0 Å². The largest absolute Gasteiger partial charge is 0.573 e. The summed E-state index contributed by atoms with van der Waals surface area (Å²) in [7, 11) is 1.48. The highest BCUT2D eigenvalue weighted by molar-refractivity contribution is 9.10. The zero-order valence-corrected chi connectivity index (χ0v) is 12.2. The molecule has 0 unspecified atom stereocenters. The molecule has 1 heterocycles. The van der Waals surface area contributed by atoms with E-state index in [-0.39, 0.29) is 17.4 Å². The summed E-state index contributed by atoms with van der Waals surface area (Å²) in [5.74, 6) is 0.450. The molecule has 21 heavy (non-hydrogen) atoms. The standard InChI is InChI=1S/C13H9BrF3NO3/c1-19-10-6-11(14)18-12(7-10)20-8-3-2-4-9(5-8)21-13(15,16)17/h2-7H,1H3. The van der Waals surface area contributed by atoms with Crippen molar-refractivity contribution in [2.24, 2.45) is 0 Å². The van der Waals surface area contributed by atoms with E-state index in [1.807, 2.05) is 0 Å². The van der Waals surface area contributed by atoms with Crippen LogP contribution in [-0.4, -0.2) is 18.5 Å². The van der Waals surface area contributed by atoms with Crippen LogP contribution >= 0.6 is 15.9 Å². The van der Waals surface area contributed by atoms with Gasteiger partial charge in [0, 0.05) is 18.2 Å². The van der Waals surface area contributed by atoms with E-state index in [9.17, 15) is 13.2 Å². The Bertz CT molecular complexity index is 634. The first kappa shape index (κ1) is 15.4. The fourth-order valence-corrected chi connectivity index (χ4v) is 1.88. The van der Waals surface area contributed by atoms with Crippen LogP contribution < -0.4 is 14.2 Å². The number of ether oxygens (including phenoxy) is 3. The SMILES string of the molecule is COc1cc(Br)nc(Oc2cccc(OC(F)(F)F)c2)c1. The van der Waals surface area contributed by atoms with Crippen LogP contribution in [-0.2, 0) is 0 Å². The Labute approximate surface area is 126 Å². The lowest BCUT2D eigenvalue weighted by Crippen LogP contribution is -2.17. The second-order valence-electron chi connectivity index (χ2n) is 3.79. The first-order valence-electron chi connectivity index (χ1n) is 5.61. The summed E-state index contributed by atoms with van der Waals surface area (Å²) in [4.78, 5) is 4.03. The van der Waals surface area contributed by atoms with E-state index in [0.717, 1.165) is 6.07 Å². The third-order valence-corrected chi connectivity index (χ3v) is 2.65. The van der Waals surface area contributed by atoms with E-state index < -0.39 is 6.36 Å². The van der Waals surface area contributed by atoms with E-state index in [1.165, 1.54) is 31.4 Å². The molecule has 0 aliphatic heterocycles. The minimum Gasteiger partial charge on any atom is -0.496 e. The van der Waals surface area contributed by atoms with Crippen LogP contribution in [0.1, 0.15) is 0 Å². The minimum absolute atomic E-state index is 0.157. The summed E-state index contributed by atoms with van der Waals surface area (Å²) in [6.45, 7) is 0. The lowest BCUT2D eigenvalue weighted by atomic mass is 10.3. The number of alkyl halides is 3. The molecule has 0 amide bonds. The molecule has 0 radical (unpaired) electrons. The first-order valence-corrected chi connectivity index (χ1v) is 6.40. The van der Waals surface area contributed by atoms with Gasteiger partial charge in [-0.1, -0.05) is 6.07 Å². The van der Waals surface area contributed by atoms with Crippen LogP contribution in [0.25, 0.3) is 0 Å². The van der Waals surface area contributed by atoms with Crippen LogP contribution in [0.5, 0.6) is 23.1 Å². The highest BCUT2D eigenvalue weighted by Gasteiger charge is 2.31. The first-order chi connectivity index (χ1) is 9.85. The van der Waals surface area contributed by atoms with Gasteiger partial charge >= 0.3 is 6.36 Å². The smallest absolute Gasteiger partial charge is 0.496 e. The van der Waals surface area contributed by atoms with Crippen molar-refractivity contribution in [1.82, 2.24) is 4.98 Å². The Hall–Kier alpha value is -1.96. The zero-order valence-electron chi connectivity index (χ0n) is 10.6. The molecular formula is C13H9BrF3NO3. The van der Waals surface area contributed by atoms with Crippen molar-refractivity contribution in [3.05, 3.63) is 41.0 Å². The summed E-state index contributed by atoms with van der Waals surface area (Å²) in [5.41, 5.74) is 0. The summed E-state index contributed by atoms with van der Waals surface area (Å²) < 4.78 is 51.2. The van der Waals surface area contributed by atoms with Crippen molar-refractivity contribution >= 4 is 15.9 Å². The Balaban J connectivity index is 2.20. The zero-order chi connectivity index (χ0) is 15.5. The third-order valence-electron chi connectivity index (χ3n) is 2.24. The van der Waals surface area contributed by atoms with E-state index in [1.54, 1.807) is 6.07 Å². The Morgan fingerprint density at radius 1 is 1.05 bits per heavy atom. The molecule has 0 atom stereocenters. The van der Waals surface area contributed by atoms with Crippen LogP contribution in [0.4, 0.5) is 13.2 Å². The molecule has 1 aromatic heterocycles. The lowest BCUT2D eigenvalue weighted by Gasteiger charge is -2.11. The van der Waals surface area contributed by atoms with Gasteiger partial charge in [-0.3, -0.25) is 0 Å². The number of aromatic nitrogens is 1. The fourth-order valence-electron chi connectivity index (χ4n) is 1.48. The Morgan fingerprint density at radius 3 is 2.43 bits per heavy atom. The molecular weight excluding hydrogens is 355 g/mol. The summed E-state index contributed by atoms with van der Waals surface area (Å²) in [5, 5.41) is 0. The number of halogens is 4. The van der Waals surface area contributed by atoms with E-state index in [4.69, 9.17) is 9.47 Å². The lowest BCUT2D eigenvalue weighted by molar-refractivity contribution is -0.274. The van der Waals surface area contributed by atoms with E-state index >= 15 is 0 Å². The van der Waals surface area contributed by atoms with Crippen LogP contribution in [0, 0.1) is 0 Å². The van der Waals surface area contributed by atoms with Gasteiger partial charge in [0.15, 0.2) is 0 Å². The highest BCUT2D eigenvalue weighted by Crippen LogP contribution is 2.30. The number of pyridine rings is 1. The number of methoxy groups -OCH3 is 1. The molecule has 1 aromatic carbocycles. The van der Waals surface area contributed by atoms with Crippen molar-refractivity contribution in [1.29, 1.82) is 0 Å². The molecule has 2 aromatic rings. The summed E-state index contributed by atoms with van der Waals surface area (Å²) >= 11 is 3.18. The molecule has 4 nitrogen and oxygen atoms in total. The number of nitrogens with zero attached hydrogens (tertiary/aromatic N) is 1. The number of benzene rings is 1. The topological polar surface area (TPSA) is 40.6 Å². The Morgan fingerprint density at radius 2 is 1.76 bits per heavy atom. The van der Waals surface area contributed by atoms with Crippen molar-refractivity contribution in [2.75, 3.05) is 7.11 Å². The van der Waals surface area contributed by atoms with Gasteiger partial charge in [0.05, 0.1) is 7.11 Å². The highest BCUT2D eigenvalue weighted by atomic mass is 79.9. The van der Waals surface area contributed by atoms with Gasteiger partial charge in [0.1, 0.15) is 21.9 Å². The van der Waals surface area contributed by atoms with Crippen LogP contribution in [0.15, 0.2) is 41.0 Å². The second kappa shape index (κ2) is 6.21. The van der Waals surface area contributed by atoms with Crippen LogP contribution in [0.3, 0.4) is 0 Å². The molecule has 0 bridgehead atoms. The molecule has 8 heteroatoms. The molecule has 0 N–H and O–H groups in total. The molecule has 0 spiro atoms. The monoisotopic (exact) mass is 363 g/mol. The number of hydrogen-bond donors (Lipinski definition) is 0. The van der Waals surface area contributed by atoms with Gasteiger partial charge in [-0.05, 0) is 28.1 Å². The molecule has 0 aliphatic rings. The molecule has 0 saturated heterocycles. The maximum absolute atomic E-state index is 12.2. The van der Waals surface area contributed by atoms with Gasteiger partial charge in [0.25, 0.3) is 0 Å². The Kier molecular flexibility index (Phi) is 4.56. The molecule has 2 rings (SSSR count). The second-order valence-corrected chi connectivity index (χ2v) is 4.61. The van der Waals surface area contributed by atoms with Gasteiger partial charge in [-0.25, -0.2) is 4.98 Å². The van der Waals surface area contributed by atoms with Gasteiger partial charge < -0.3 is 14.2 Å². The summed E-state index contributed by atoms with van der Waals surface area (Å²) in [6, 6.07) is 8.28. The van der Waals surface area contributed by atoms with Gasteiger partial charge in [-0.15, -0.1) is 13.2 Å². The van der Waals surface area contributed by atoms with Gasteiger partial charge in [-0.2, -0.15) is 0 Å². The normalized spacial score (nSPS) is 11.1. The number of rotatable bonds is 4. The molecule has 0 fully saturated rings. The van der Waals surface area contributed by atoms with Crippen LogP contribution in [0.2, 0.25) is 0 Å². The van der Waals surface area contributed by atoms with E-state index in [0.29, 0.717) is 10.4 Å². The minimum atomic E-state index is -4.75. The molecule has 0 saturated carbocycles. The van der Waals surface area contributed by atoms with Crippen molar-refractivity contribution < 1.29 is 27.4 Å². The predicted molar refractivity (Wildman–Crippen MR) is 71.7 cm³/mol. The molecule has 0 aliphatic carbocycles. The van der Waals surface area contributed by atoms with Gasteiger partial charge in [0.2, 0.25) is 5.88 Å². The molecule has 112 valence electrons. The predicted octanol–water partition coefficient (Wildman–Crippen LogP) is 4.54. The maximum Gasteiger partial charge on any atom is 0.573 e. The van der Waals surface area contributed by atoms with Crippen molar-refractivity contribution in [3.8, 4) is 23.1 Å². The average molecular weight is 364 g/mol. The summed E-state index contributed by atoms with van der Waals surface area (Å²) in [6.07, 6.45) is -4.75. The maximum atomic E-state index is 12.2. The quantitative estimate of drug-likeness (QED) is 0.747. The van der Waals surface area contributed by atoms with Crippen molar-refractivity contribution in [2.45, 2.75) is 6.36 Å².